The Balaban J connectivity index is 1.89. The Labute approximate surface area is 161 Å². The molecule has 27 heavy (non-hydrogen) atoms. The Kier molecular flexibility index (Phi) is 5.51. The molecule has 1 fully saturated rings. The zero-order valence-electron chi connectivity index (χ0n) is 15.4. The molecule has 3 rings (SSSR count). The molecule has 2 heterocycles. The first-order chi connectivity index (χ1) is 12.9. The minimum Gasteiger partial charge on any atom is -0.478 e. The van der Waals surface area contributed by atoms with Gasteiger partial charge in [-0.15, -0.1) is 0 Å². The number of furan rings is 1. The second-order valence-corrected chi connectivity index (χ2v) is 6.96. The smallest absolute Gasteiger partial charge is 0.335 e. The Morgan fingerprint density at radius 1 is 1.30 bits per heavy atom. The predicted octanol–water partition coefficient (Wildman–Crippen LogP) is 4.27. The Bertz CT molecular complexity index is 959. The molecule has 0 saturated carbocycles. The fourth-order valence-electron chi connectivity index (χ4n) is 2.82. The first kappa shape index (κ1) is 19.0. The topological polar surface area (TPSA) is 83.1 Å². The zero-order chi connectivity index (χ0) is 19.6. The molecule has 6 nitrogen and oxygen atoms in total. The number of carbonyl (C=O) groups is 2. The SMILES string of the molecule is CCN=C1S/C(=C/c2ccc(-c3ccc(C(=O)O)cc3C)o2)C(=O)N1CC. The summed E-state index contributed by atoms with van der Waals surface area (Å²) in [4.78, 5) is 30.2. The van der Waals surface area contributed by atoms with Gasteiger partial charge in [0.25, 0.3) is 5.91 Å². The van der Waals surface area contributed by atoms with E-state index in [1.807, 2.05) is 26.8 Å². The van der Waals surface area contributed by atoms with Crippen LogP contribution in [0.1, 0.15) is 35.5 Å². The van der Waals surface area contributed by atoms with Gasteiger partial charge in [-0.2, -0.15) is 0 Å². The number of rotatable bonds is 5. The third-order valence-electron chi connectivity index (χ3n) is 4.14. The predicted molar refractivity (Wildman–Crippen MR) is 107 cm³/mol. The van der Waals surface area contributed by atoms with Crippen molar-refractivity contribution in [2.75, 3.05) is 13.1 Å². The molecule has 1 aromatic heterocycles. The van der Waals surface area contributed by atoms with Crippen LogP contribution < -0.4 is 0 Å². The summed E-state index contributed by atoms with van der Waals surface area (Å²) in [7, 11) is 0. The lowest BCUT2D eigenvalue weighted by Crippen LogP contribution is -2.28. The van der Waals surface area contributed by atoms with Crippen molar-refractivity contribution in [1.29, 1.82) is 0 Å². The zero-order valence-corrected chi connectivity index (χ0v) is 16.2. The molecule has 2 aromatic rings. The van der Waals surface area contributed by atoms with Crippen LogP contribution in [0.5, 0.6) is 0 Å². The van der Waals surface area contributed by atoms with E-state index in [2.05, 4.69) is 4.99 Å². The third-order valence-corrected chi connectivity index (χ3v) is 5.18. The summed E-state index contributed by atoms with van der Waals surface area (Å²) in [5, 5.41) is 9.79. The number of hydrogen-bond donors (Lipinski definition) is 1. The highest BCUT2D eigenvalue weighted by atomic mass is 32.2. The second-order valence-electron chi connectivity index (χ2n) is 5.95. The molecule has 1 aliphatic rings. The number of carboxylic acid groups (broad SMARTS) is 1. The molecule has 1 aromatic carbocycles. The molecule has 1 aliphatic heterocycles. The van der Waals surface area contributed by atoms with Gasteiger partial charge in [-0.05, 0) is 62.4 Å². The van der Waals surface area contributed by atoms with Gasteiger partial charge in [0.2, 0.25) is 0 Å². The number of nitrogens with zero attached hydrogens (tertiary/aromatic N) is 2. The summed E-state index contributed by atoms with van der Waals surface area (Å²) in [6.45, 7) is 6.88. The van der Waals surface area contributed by atoms with Crippen LogP contribution in [0.15, 0.2) is 44.6 Å². The van der Waals surface area contributed by atoms with E-state index in [0.29, 0.717) is 34.7 Å². The molecule has 140 valence electrons. The number of carbonyl (C=O) groups excluding carboxylic acids is 1. The van der Waals surface area contributed by atoms with Gasteiger partial charge in [-0.1, -0.05) is 6.07 Å². The molecule has 0 unspecified atom stereocenters. The average molecular weight is 384 g/mol. The van der Waals surface area contributed by atoms with Gasteiger partial charge >= 0.3 is 5.97 Å². The molecule has 0 radical (unpaired) electrons. The maximum atomic E-state index is 12.5. The third kappa shape index (κ3) is 3.83. The quantitative estimate of drug-likeness (QED) is 0.779. The first-order valence-corrected chi connectivity index (χ1v) is 9.46. The van der Waals surface area contributed by atoms with E-state index >= 15 is 0 Å². The van der Waals surface area contributed by atoms with Crippen LogP contribution in [0, 0.1) is 6.92 Å². The number of amidine groups is 1. The van der Waals surface area contributed by atoms with Crippen LogP contribution >= 0.6 is 11.8 Å². The minimum absolute atomic E-state index is 0.0744. The molecular weight excluding hydrogens is 364 g/mol. The van der Waals surface area contributed by atoms with Crippen LogP contribution in [-0.4, -0.2) is 40.1 Å². The molecule has 1 saturated heterocycles. The summed E-state index contributed by atoms with van der Waals surface area (Å²) in [6, 6.07) is 8.51. The largest absolute Gasteiger partial charge is 0.478 e. The fourth-order valence-corrected chi connectivity index (χ4v) is 3.90. The number of aromatic carboxylic acids is 1. The molecule has 1 N–H and O–H groups in total. The number of aliphatic imine (C=N–C) groups is 1. The molecular formula is C20H20N2O4S. The highest BCUT2D eigenvalue weighted by Crippen LogP contribution is 2.34. The van der Waals surface area contributed by atoms with Crippen molar-refractivity contribution >= 4 is 34.9 Å². The van der Waals surface area contributed by atoms with Gasteiger partial charge in [-0.3, -0.25) is 14.7 Å². The van der Waals surface area contributed by atoms with Crippen molar-refractivity contribution in [3.8, 4) is 11.3 Å². The van der Waals surface area contributed by atoms with Crippen LogP contribution in [0.25, 0.3) is 17.4 Å². The average Bonchev–Trinajstić information content (AvgIpc) is 3.20. The van der Waals surface area contributed by atoms with Gasteiger partial charge in [0.15, 0.2) is 5.17 Å². The normalized spacial score (nSPS) is 17.3. The van der Waals surface area contributed by atoms with E-state index in [9.17, 15) is 9.59 Å². The fraction of sp³-hybridized carbons (Fsp3) is 0.250. The monoisotopic (exact) mass is 384 g/mol. The van der Waals surface area contributed by atoms with E-state index in [4.69, 9.17) is 9.52 Å². The Hall–Kier alpha value is -2.80. The van der Waals surface area contributed by atoms with Gasteiger partial charge in [-0.25, -0.2) is 4.79 Å². The Morgan fingerprint density at radius 3 is 2.70 bits per heavy atom. The lowest BCUT2D eigenvalue weighted by molar-refractivity contribution is -0.122. The van der Waals surface area contributed by atoms with Crippen LogP contribution in [0.2, 0.25) is 0 Å². The molecule has 7 heteroatoms. The van der Waals surface area contributed by atoms with Crippen molar-refractivity contribution in [2.24, 2.45) is 4.99 Å². The molecule has 0 aliphatic carbocycles. The minimum atomic E-state index is -0.962. The summed E-state index contributed by atoms with van der Waals surface area (Å²) >= 11 is 1.35. The number of thioether (sulfide) groups is 1. The highest BCUT2D eigenvalue weighted by Gasteiger charge is 2.32. The number of amides is 1. The van der Waals surface area contributed by atoms with Crippen LogP contribution in [-0.2, 0) is 4.79 Å². The lowest BCUT2D eigenvalue weighted by Gasteiger charge is -2.11. The highest BCUT2D eigenvalue weighted by molar-refractivity contribution is 8.18. The number of carboxylic acids is 1. The number of aryl methyl sites for hydroxylation is 1. The van der Waals surface area contributed by atoms with E-state index in [1.54, 1.807) is 35.2 Å². The second kappa shape index (κ2) is 7.84. The summed E-state index contributed by atoms with van der Waals surface area (Å²) < 4.78 is 5.88. The molecule has 0 spiro atoms. The maximum Gasteiger partial charge on any atom is 0.335 e. The van der Waals surface area contributed by atoms with Crippen molar-refractivity contribution in [3.63, 3.8) is 0 Å². The van der Waals surface area contributed by atoms with Crippen LogP contribution in [0.3, 0.4) is 0 Å². The van der Waals surface area contributed by atoms with Gasteiger partial charge in [0.1, 0.15) is 11.5 Å². The number of hydrogen-bond acceptors (Lipinski definition) is 5. The lowest BCUT2D eigenvalue weighted by atomic mass is 10.0. The van der Waals surface area contributed by atoms with Crippen molar-refractivity contribution in [1.82, 2.24) is 4.90 Å². The Morgan fingerprint density at radius 2 is 2.07 bits per heavy atom. The van der Waals surface area contributed by atoms with Crippen molar-refractivity contribution in [2.45, 2.75) is 20.8 Å². The van der Waals surface area contributed by atoms with Gasteiger partial charge in [0.05, 0.1) is 10.5 Å². The molecule has 0 atom stereocenters. The first-order valence-electron chi connectivity index (χ1n) is 8.64. The summed E-state index contributed by atoms with van der Waals surface area (Å²) in [5.74, 6) is 0.156. The van der Waals surface area contributed by atoms with E-state index in [-0.39, 0.29) is 11.5 Å². The van der Waals surface area contributed by atoms with E-state index in [0.717, 1.165) is 11.1 Å². The maximum absolute atomic E-state index is 12.5. The number of benzene rings is 1. The van der Waals surface area contributed by atoms with Gasteiger partial charge in [0, 0.05) is 24.7 Å². The van der Waals surface area contributed by atoms with Crippen molar-refractivity contribution in [3.05, 3.63) is 52.1 Å². The van der Waals surface area contributed by atoms with Gasteiger partial charge < -0.3 is 9.52 Å². The molecule has 1 amide bonds. The van der Waals surface area contributed by atoms with Crippen molar-refractivity contribution < 1.29 is 19.1 Å². The van der Waals surface area contributed by atoms with Crippen LogP contribution in [0.4, 0.5) is 0 Å². The summed E-state index contributed by atoms with van der Waals surface area (Å²) in [6.07, 6.45) is 1.72. The van der Waals surface area contributed by atoms with E-state index < -0.39 is 5.97 Å². The molecule has 0 bridgehead atoms. The summed E-state index contributed by atoms with van der Waals surface area (Å²) in [5.41, 5.74) is 1.86. The van der Waals surface area contributed by atoms with E-state index in [1.165, 1.54) is 11.8 Å². The standard InChI is InChI=1S/C20H20N2O4S/c1-4-21-20-22(5-2)18(23)17(27-20)11-14-7-9-16(26-14)15-8-6-13(19(24)25)10-12(15)3/h6-11H,4-5H2,1-3H3,(H,24,25)/b17-11+,21-20?. The number of likely N-dealkylation sites (N-methyl/N-ethyl adjacent to an activating group) is 1.